The van der Waals surface area contributed by atoms with Crippen LogP contribution in [0.3, 0.4) is 0 Å². The molecule has 0 saturated carbocycles. The zero-order valence-electron chi connectivity index (χ0n) is 17.9. The molecule has 1 aliphatic rings. The van der Waals surface area contributed by atoms with Crippen LogP contribution in [-0.2, 0) is 30.3 Å². The number of ketones is 1. The Labute approximate surface area is 185 Å². The third-order valence-electron chi connectivity index (χ3n) is 4.48. The number of hydrogen-bond donors (Lipinski definition) is 1. The van der Waals surface area contributed by atoms with Gasteiger partial charge in [-0.2, -0.15) is 0 Å². The standard InChI is InChI=1S/C21H26ClFN2O6/c1-5-30-19(28)13-10-25(20(29)31-21(2,3)4)11-16(13)24-18(27)17(26)9-12-6-7-14(22)15(23)8-12/h6-8,13,16H,5,9-11H2,1-4H3,(H,24,27)/t13-,16?/m1/s1. The Morgan fingerprint density at radius 2 is 1.90 bits per heavy atom. The Kier molecular flexibility index (Phi) is 8.00. The summed E-state index contributed by atoms with van der Waals surface area (Å²) >= 11 is 5.62. The molecule has 170 valence electrons. The minimum Gasteiger partial charge on any atom is -0.466 e. The van der Waals surface area contributed by atoms with Crippen LogP contribution in [0, 0.1) is 11.7 Å². The molecule has 1 fully saturated rings. The van der Waals surface area contributed by atoms with Gasteiger partial charge in [0, 0.05) is 19.5 Å². The van der Waals surface area contributed by atoms with Crippen LogP contribution in [0.2, 0.25) is 5.02 Å². The van der Waals surface area contributed by atoms with Gasteiger partial charge in [0.1, 0.15) is 11.4 Å². The van der Waals surface area contributed by atoms with E-state index < -0.39 is 47.1 Å². The smallest absolute Gasteiger partial charge is 0.410 e. The predicted octanol–water partition coefficient (Wildman–Crippen LogP) is 2.51. The number of benzene rings is 1. The molecule has 0 aromatic heterocycles. The number of Topliss-reactive ketones (excluding diaryl/α,β-unsaturated/α-hetero) is 1. The summed E-state index contributed by atoms with van der Waals surface area (Å²) in [5, 5.41) is 2.41. The zero-order valence-corrected chi connectivity index (χ0v) is 18.6. The normalized spacial score (nSPS) is 18.5. The molecule has 1 unspecified atom stereocenters. The van der Waals surface area contributed by atoms with Crippen LogP contribution in [0.15, 0.2) is 18.2 Å². The summed E-state index contributed by atoms with van der Waals surface area (Å²) in [5.41, 5.74) is -0.451. The number of rotatable bonds is 6. The van der Waals surface area contributed by atoms with Gasteiger partial charge in [-0.05, 0) is 45.4 Å². The molecule has 0 aliphatic carbocycles. The van der Waals surface area contributed by atoms with Crippen molar-refractivity contribution in [1.29, 1.82) is 0 Å². The molecule has 31 heavy (non-hydrogen) atoms. The molecule has 10 heteroatoms. The summed E-state index contributed by atoms with van der Waals surface area (Å²) in [5.74, 6) is -3.90. The number of esters is 1. The second kappa shape index (κ2) is 10.1. The highest BCUT2D eigenvalue weighted by molar-refractivity contribution is 6.36. The Bertz CT molecular complexity index is 870. The second-order valence-corrected chi connectivity index (χ2v) is 8.58. The molecule has 0 radical (unpaired) electrons. The van der Waals surface area contributed by atoms with Crippen LogP contribution in [0.1, 0.15) is 33.3 Å². The number of likely N-dealkylation sites (tertiary alicyclic amines) is 1. The fourth-order valence-electron chi connectivity index (χ4n) is 3.08. The largest absolute Gasteiger partial charge is 0.466 e. The molecule has 2 rings (SSSR count). The zero-order chi connectivity index (χ0) is 23.3. The first-order valence-corrected chi connectivity index (χ1v) is 10.2. The van der Waals surface area contributed by atoms with Gasteiger partial charge in [0.25, 0.3) is 5.91 Å². The number of amides is 2. The molecule has 2 atom stereocenters. The van der Waals surface area contributed by atoms with Crippen LogP contribution in [0.5, 0.6) is 0 Å². The van der Waals surface area contributed by atoms with Gasteiger partial charge in [-0.1, -0.05) is 17.7 Å². The van der Waals surface area contributed by atoms with E-state index in [1.807, 2.05) is 0 Å². The third kappa shape index (κ3) is 6.92. The van der Waals surface area contributed by atoms with Crippen LogP contribution in [0.25, 0.3) is 0 Å². The van der Waals surface area contributed by atoms with Gasteiger partial charge in [0.15, 0.2) is 0 Å². The summed E-state index contributed by atoms with van der Waals surface area (Å²) in [6, 6.07) is 2.99. The molecule has 1 aromatic carbocycles. The van der Waals surface area contributed by atoms with E-state index in [4.69, 9.17) is 21.1 Å². The van der Waals surface area contributed by atoms with Gasteiger partial charge in [0.2, 0.25) is 5.78 Å². The van der Waals surface area contributed by atoms with E-state index in [1.54, 1.807) is 27.7 Å². The van der Waals surface area contributed by atoms with Gasteiger partial charge in [-0.3, -0.25) is 14.4 Å². The van der Waals surface area contributed by atoms with E-state index in [2.05, 4.69) is 5.32 Å². The van der Waals surface area contributed by atoms with Crippen molar-refractivity contribution < 1.29 is 33.0 Å². The van der Waals surface area contributed by atoms with Crippen molar-refractivity contribution in [1.82, 2.24) is 10.2 Å². The highest BCUT2D eigenvalue weighted by atomic mass is 35.5. The van der Waals surface area contributed by atoms with Crippen molar-refractivity contribution >= 4 is 35.4 Å². The lowest BCUT2D eigenvalue weighted by Gasteiger charge is -2.24. The molecular formula is C21H26ClFN2O6. The summed E-state index contributed by atoms with van der Waals surface area (Å²) in [7, 11) is 0. The maximum atomic E-state index is 13.6. The Hall–Kier alpha value is -2.68. The number of nitrogens with one attached hydrogen (secondary N) is 1. The van der Waals surface area contributed by atoms with Crippen molar-refractivity contribution in [2.45, 2.75) is 45.8 Å². The van der Waals surface area contributed by atoms with Crippen molar-refractivity contribution in [2.75, 3.05) is 19.7 Å². The van der Waals surface area contributed by atoms with Crippen LogP contribution in [-0.4, -0.2) is 60.0 Å². The molecule has 8 nitrogen and oxygen atoms in total. The molecular weight excluding hydrogens is 431 g/mol. The first-order valence-electron chi connectivity index (χ1n) is 9.83. The molecule has 1 N–H and O–H groups in total. The van der Waals surface area contributed by atoms with Gasteiger partial charge in [0.05, 0.1) is 23.6 Å². The van der Waals surface area contributed by atoms with E-state index in [-0.39, 0.29) is 36.7 Å². The second-order valence-electron chi connectivity index (χ2n) is 8.17. The molecule has 0 bridgehead atoms. The summed E-state index contributed by atoms with van der Waals surface area (Å²) < 4.78 is 23.9. The molecule has 0 spiro atoms. The lowest BCUT2D eigenvalue weighted by molar-refractivity contribution is -0.148. The highest BCUT2D eigenvalue weighted by Gasteiger charge is 2.43. The van der Waals surface area contributed by atoms with Crippen molar-refractivity contribution in [3.05, 3.63) is 34.6 Å². The molecule has 2 amide bonds. The maximum Gasteiger partial charge on any atom is 0.410 e. The number of hydrogen-bond acceptors (Lipinski definition) is 6. The van der Waals surface area contributed by atoms with E-state index in [9.17, 15) is 23.6 Å². The number of ether oxygens (including phenoxy) is 2. The first-order chi connectivity index (χ1) is 14.4. The van der Waals surface area contributed by atoms with Gasteiger partial charge < -0.3 is 19.7 Å². The summed E-state index contributed by atoms with van der Waals surface area (Å²) in [4.78, 5) is 50.7. The van der Waals surface area contributed by atoms with Crippen LogP contribution >= 0.6 is 11.6 Å². The first kappa shape index (κ1) is 24.6. The fourth-order valence-corrected chi connectivity index (χ4v) is 3.20. The lowest BCUT2D eigenvalue weighted by atomic mass is 10.0. The van der Waals surface area contributed by atoms with E-state index in [0.29, 0.717) is 0 Å². The summed E-state index contributed by atoms with van der Waals surface area (Å²) in [6.07, 6.45) is -0.978. The van der Waals surface area contributed by atoms with Crippen LogP contribution < -0.4 is 5.32 Å². The molecule has 1 aliphatic heterocycles. The van der Waals surface area contributed by atoms with Crippen molar-refractivity contribution in [3.8, 4) is 0 Å². The van der Waals surface area contributed by atoms with Crippen molar-refractivity contribution in [3.63, 3.8) is 0 Å². The van der Waals surface area contributed by atoms with Gasteiger partial charge in [-0.15, -0.1) is 0 Å². The summed E-state index contributed by atoms with van der Waals surface area (Å²) in [6.45, 7) is 6.86. The Balaban J connectivity index is 2.08. The maximum absolute atomic E-state index is 13.6. The topological polar surface area (TPSA) is 102 Å². The minimum atomic E-state index is -0.944. The molecule has 1 heterocycles. The van der Waals surface area contributed by atoms with E-state index >= 15 is 0 Å². The Morgan fingerprint density at radius 3 is 2.48 bits per heavy atom. The number of carbonyl (C=O) groups is 4. The lowest BCUT2D eigenvalue weighted by Crippen LogP contribution is -2.46. The Morgan fingerprint density at radius 1 is 1.23 bits per heavy atom. The fraction of sp³-hybridized carbons (Fsp3) is 0.524. The third-order valence-corrected chi connectivity index (χ3v) is 4.79. The minimum absolute atomic E-state index is 0.0186. The van der Waals surface area contributed by atoms with Crippen LogP contribution in [0.4, 0.5) is 9.18 Å². The quantitative estimate of drug-likeness (QED) is 0.521. The number of nitrogens with zero attached hydrogens (tertiary/aromatic N) is 1. The van der Waals surface area contributed by atoms with Gasteiger partial charge in [-0.25, -0.2) is 9.18 Å². The average Bonchev–Trinajstić information content (AvgIpc) is 3.07. The number of halogens is 2. The molecule has 1 aromatic rings. The van der Waals surface area contributed by atoms with Gasteiger partial charge >= 0.3 is 12.1 Å². The highest BCUT2D eigenvalue weighted by Crippen LogP contribution is 2.22. The van der Waals surface area contributed by atoms with E-state index in [0.717, 1.165) is 6.07 Å². The number of carbonyl (C=O) groups excluding carboxylic acids is 4. The predicted molar refractivity (Wildman–Crippen MR) is 110 cm³/mol. The SMILES string of the molecule is CCOC(=O)[C@@H]1CN(C(=O)OC(C)(C)C)CC1NC(=O)C(=O)Cc1ccc(Cl)c(F)c1. The van der Waals surface area contributed by atoms with E-state index in [1.165, 1.54) is 17.0 Å². The van der Waals surface area contributed by atoms with Crippen molar-refractivity contribution in [2.24, 2.45) is 5.92 Å². The average molecular weight is 457 g/mol. The monoisotopic (exact) mass is 456 g/mol. The molecule has 1 saturated heterocycles.